The van der Waals surface area contributed by atoms with E-state index in [-0.39, 0.29) is 18.2 Å². The van der Waals surface area contributed by atoms with Gasteiger partial charge in [0.1, 0.15) is 11.9 Å². The van der Waals surface area contributed by atoms with Crippen molar-refractivity contribution in [1.82, 2.24) is 4.90 Å². The number of likely N-dealkylation sites (tertiary alicyclic amines) is 1. The molecular weight excluding hydrogens is 355 g/mol. The summed E-state index contributed by atoms with van der Waals surface area (Å²) in [5.41, 5.74) is 8.47. The van der Waals surface area contributed by atoms with E-state index in [4.69, 9.17) is 33.7 Å². The van der Waals surface area contributed by atoms with Gasteiger partial charge in [0, 0.05) is 28.2 Å². The zero-order valence-electron chi connectivity index (χ0n) is 14.0. The fraction of sp³-hybridized carbons (Fsp3) is 0.400. The highest BCUT2D eigenvalue weighted by Crippen LogP contribution is 2.43. The van der Waals surface area contributed by atoms with Crippen LogP contribution in [0.15, 0.2) is 42.5 Å². The van der Waals surface area contributed by atoms with Gasteiger partial charge in [-0.15, -0.1) is 0 Å². The van der Waals surface area contributed by atoms with E-state index in [0.29, 0.717) is 5.02 Å². The molecule has 2 aromatic carbocycles. The number of nitrogens with two attached hydrogens (primary N) is 1. The second-order valence-corrected chi connectivity index (χ2v) is 7.82. The minimum Gasteiger partial charge on any atom is -0.484 e. The van der Waals surface area contributed by atoms with Crippen molar-refractivity contribution in [2.24, 2.45) is 5.73 Å². The first-order chi connectivity index (χ1) is 12.1. The predicted octanol–water partition coefficient (Wildman–Crippen LogP) is 4.46. The molecule has 0 aromatic heterocycles. The highest BCUT2D eigenvalue weighted by Gasteiger charge is 2.40. The van der Waals surface area contributed by atoms with Crippen LogP contribution in [0, 0.1) is 0 Å². The Balaban J connectivity index is 1.69. The number of para-hydroxylation sites is 1. The fourth-order valence-corrected chi connectivity index (χ4v) is 4.65. The number of piperidine rings is 1. The summed E-state index contributed by atoms with van der Waals surface area (Å²) in [4.78, 5) is 2.46. The van der Waals surface area contributed by atoms with E-state index in [1.54, 1.807) is 0 Å². The fourth-order valence-electron chi connectivity index (χ4n) is 4.07. The Hall–Kier alpha value is -1.26. The van der Waals surface area contributed by atoms with E-state index in [0.717, 1.165) is 54.3 Å². The first-order valence-corrected chi connectivity index (χ1v) is 9.56. The Kier molecular flexibility index (Phi) is 4.92. The summed E-state index contributed by atoms with van der Waals surface area (Å²) in [5.74, 6) is 0.864. The number of hydrogen-bond donors (Lipinski definition) is 1. The average Bonchev–Trinajstić information content (AvgIpc) is 2.95. The van der Waals surface area contributed by atoms with E-state index >= 15 is 0 Å². The van der Waals surface area contributed by atoms with E-state index in [9.17, 15) is 0 Å². The highest BCUT2D eigenvalue weighted by molar-refractivity contribution is 6.35. The summed E-state index contributed by atoms with van der Waals surface area (Å²) in [7, 11) is 0. The molecule has 3 nitrogen and oxygen atoms in total. The van der Waals surface area contributed by atoms with E-state index in [2.05, 4.69) is 4.90 Å². The lowest BCUT2D eigenvalue weighted by molar-refractivity contribution is 0.0593. The minimum absolute atomic E-state index is 0.0844. The largest absolute Gasteiger partial charge is 0.484 e. The number of benzene rings is 2. The van der Waals surface area contributed by atoms with Crippen molar-refractivity contribution >= 4 is 23.2 Å². The molecule has 1 saturated heterocycles. The van der Waals surface area contributed by atoms with Gasteiger partial charge >= 0.3 is 0 Å². The van der Waals surface area contributed by atoms with Crippen molar-refractivity contribution < 1.29 is 4.74 Å². The number of nitrogens with zero attached hydrogens (tertiary/aromatic N) is 1. The molecular formula is C20H22Cl2N2O. The zero-order valence-corrected chi connectivity index (χ0v) is 15.5. The molecule has 5 heteroatoms. The molecule has 1 fully saturated rings. The lowest BCUT2D eigenvalue weighted by atomic mass is 10.0. The van der Waals surface area contributed by atoms with E-state index in [1.165, 1.54) is 0 Å². The molecule has 0 bridgehead atoms. The van der Waals surface area contributed by atoms with Gasteiger partial charge in [-0.05, 0) is 55.6 Å². The van der Waals surface area contributed by atoms with Gasteiger partial charge in [0.25, 0.3) is 0 Å². The second-order valence-electron chi connectivity index (χ2n) is 6.98. The molecule has 132 valence electrons. The summed E-state index contributed by atoms with van der Waals surface area (Å²) >= 11 is 12.8. The Morgan fingerprint density at radius 3 is 2.68 bits per heavy atom. The van der Waals surface area contributed by atoms with E-state index < -0.39 is 0 Å². The van der Waals surface area contributed by atoms with Crippen LogP contribution in [0.2, 0.25) is 10.0 Å². The number of fused-ring (bicyclic) bond motifs is 1. The van der Waals surface area contributed by atoms with Crippen LogP contribution in [0.1, 0.15) is 30.1 Å². The van der Waals surface area contributed by atoms with Crippen LogP contribution in [0.25, 0.3) is 0 Å². The average molecular weight is 377 g/mol. The van der Waals surface area contributed by atoms with Gasteiger partial charge in [0.05, 0.1) is 6.04 Å². The van der Waals surface area contributed by atoms with Gasteiger partial charge < -0.3 is 10.5 Å². The maximum absolute atomic E-state index is 6.49. The zero-order chi connectivity index (χ0) is 17.4. The molecule has 1 aliphatic heterocycles. The number of hydrogen-bond acceptors (Lipinski definition) is 3. The molecule has 2 N–H and O–H groups in total. The lowest BCUT2D eigenvalue weighted by Gasteiger charge is -2.38. The molecule has 1 aliphatic carbocycles. The molecule has 0 spiro atoms. The molecule has 3 atom stereocenters. The molecule has 2 aliphatic rings. The molecule has 1 heterocycles. The molecule has 0 radical (unpaired) electrons. The van der Waals surface area contributed by atoms with Crippen LogP contribution in [0.3, 0.4) is 0 Å². The van der Waals surface area contributed by atoms with Gasteiger partial charge in [-0.2, -0.15) is 0 Å². The van der Waals surface area contributed by atoms with Crippen molar-refractivity contribution in [3.05, 3.63) is 63.6 Å². The second kappa shape index (κ2) is 7.16. The van der Waals surface area contributed by atoms with Crippen molar-refractivity contribution in [1.29, 1.82) is 0 Å². The lowest BCUT2D eigenvalue weighted by Crippen LogP contribution is -2.49. The van der Waals surface area contributed by atoms with Crippen molar-refractivity contribution in [3.8, 4) is 5.75 Å². The van der Waals surface area contributed by atoms with Crippen LogP contribution >= 0.6 is 23.2 Å². The topological polar surface area (TPSA) is 38.5 Å². The monoisotopic (exact) mass is 376 g/mol. The number of ether oxygens (including phenoxy) is 1. The standard InChI is InChI=1S/C20H22Cl2N2O/c21-13-9-17-16(18(22)10-13)11-19(24-8-4-5-14(23)12-24)20(17)25-15-6-2-1-3-7-15/h1-3,6-7,9-10,14,19-20H,4-5,8,11-12,23H2/t14-,19+,20+/m1/s1. The van der Waals surface area contributed by atoms with Crippen molar-refractivity contribution in [2.45, 2.75) is 37.5 Å². The summed E-state index contributed by atoms with van der Waals surface area (Å²) < 4.78 is 6.41. The Bertz CT molecular complexity index is 753. The van der Waals surface area contributed by atoms with Crippen LogP contribution in [0.5, 0.6) is 5.75 Å². The van der Waals surface area contributed by atoms with Gasteiger partial charge in [0.15, 0.2) is 0 Å². The Morgan fingerprint density at radius 2 is 1.92 bits per heavy atom. The van der Waals surface area contributed by atoms with Crippen molar-refractivity contribution in [2.75, 3.05) is 13.1 Å². The Morgan fingerprint density at radius 1 is 1.12 bits per heavy atom. The van der Waals surface area contributed by atoms with Crippen LogP contribution < -0.4 is 10.5 Å². The van der Waals surface area contributed by atoms with Gasteiger partial charge in [-0.1, -0.05) is 41.4 Å². The summed E-state index contributed by atoms with van der Waals surface area (Å²) in [6.07, 6.45) is 3.00. The first-order valence-electron chi connectivity index (χ1n) is 8.81. The number of halogens is 2. The minimum atomic E-state index is -0.0844. The first kappa shape index (κ1) is 17.2. The predicted molar refractivity (Wildman–Crippen MR) is 103 cm³/mol. The van der Waals surface area contributed by atoms with Crippen molar-refractivity contribution in [3.63, 3.8) is 0 Å². The van der Waals surface area contributed by atoms with Gasteiger partial charge in [0.2, 0.25) is 0 Å². The molecule has 25 heavy (non-hydrogen) atoms. The molecule has 2 aromatic rings. The number of rotatable bonds is 3. The quantitative estimate of drug-likeness (QED) is 0.858. The summed E-state index contributed by atoms with van der Waals surface area (Å²) in [6, 6.07) is 14.2. The summed E-state index contributed by atoms with van der Waals surface area (Å²) in [5, 5.41) is 1.38. The van der Waals surface area contributed by atoms with Crippen LogP contribution in [-0.4, -0.2) is 30.1 Å². The smallest absolute Gasteiger partial charge is 0.140 e. The normalized spacial score (nSPS) is 26.4. The van der Waals surface area contributed by atoms with Gasteiger partial charge in [-0.25, -0.2) is 0 Å². The Labute approximate surface area is 158 Å². The SMILES string of the molecule is N[C@@H]1CCCN([C@H]2Cc3c(Cl)cc(Cl)cc3[C@@H]2Oc2ccccc2)C1. The van der Waals surface area contributed by atoms with Crippen LogP contribution in [-0.2, 0) is 6.42 Å². The third-order valence-electron chi connectivity index (χ3n) is 5.23. The van der Waals surface area contributed by atoms with Crippen LogP contribution in [0.4, 0.5) is 0 Å². The highest BCUT2D eigenvalue weighted by atomic mass is 35.5. The molecule has 0 amide bonds. The summed E-state index contributed by atoms with van der Waals surface area (Å²) in [6.45, 7) is 1.95. The molecule has 0 saturated carbocycles. The molecule has 4 rings (SSSR count). The molecule has 0 unspecified atom stereocenters. The third kappa shape index (κ3) is 3.52. The maximum atomic E-state index is 6.49. The van der Waals surface area contributed by atoms with E-state index in [1.807, 2.05) is 42.5 Å². The third-order valence-corrected chi connectivity index (χ3v) is 5.78. The van der Waals surface area contributed by atoms with Gasteiger partial charge in [-0.3, -0.25) is 4.90 Å². The maximum Gasteiger partial charge on any atom is 0.140 e.